The number of benzene rings is 2. The Hall–Kier alpha value is -2.62. The van der Waals surface area contributed by atoms with E-state index in [1.54, 1.807) is 12.1 Å². The summed E-state index contributed by atoms with van der Waals surface area (Å²) >= 11 is 0. The number of para-hydroxylation sites is 1. The van der Waals surface area contributed by atoms with Crippen molar-refractivity contribution in [1.82, 2.24) is 0 Å². The van der Waals surface area contributed by atoms with Crippen molar-refractivity contribution in [3.05, 3.63) is 65.2 Å². The van der Waals surface area contributed by atoms with E-state index in [9.17, 15) is 9.59 Å². The van der Waals surface area contributed by atoms with Crippen molar-refractivity contribution < 1.29 is 14.3 Å². The fraction of sp³-hybridized carbons (Fsp3) is 0.176. The first-order valence-corrected chi connectivity index (χ1v) is 6.76. The lowest BCUT2D eigenvalue weighted by Crippen LogP contribution is -2.16. The minimum Gasteiger partial charge on any atom is -0.465 e. The molecule has 0 bridgehead atoms. The maximum Gasteiger partial charge on any atom is 0.338 e. The monoisotopic (exact) mass is 281 g/mol. The van der Waals surface area contributed by atoms with Crippen LogP contribution in [0.25, 0.3) is 0 Å². The molecule has 3 rings (SSSR count). The molecule has 4 heteroatoms. The van der Waals surface area contributed by atoms with Crippen LogP contribution in [0.1, 0.15) is 27.4 Å². The minimum absolute atomic E-state index is 0.0316. The van der Waals surface area contributed by atoms with E-state index in [1.807, 2.05) is 36.4 Å². The summed E-state index contributed by atoms with van der Waals surface area (Å²) in [6.45, 7) is 0. The van der Waals surface area contributed by atoms with Gasteiger partial charge in [0.2, 0.25) is 5.91 Å². The molecule has 1 atom stereocenters. The highest BCUT2D eigenvalue weighted by molar-refractivity contribution is 6.03. The third-order valence-corrected chi connectivity index (χ3v) is 3.76. The molecule has 2 aromatic rings. The van der Waals surface area contributed by atoms with Crippen molar-refractivity contribution in [2.24, 2.45) is 0 Å². The number of fused-ring (bicyclic) bond motifs is 1. The van der Waals surface area contributed by atoms with E-state index in [0.29, 0.717) is 12.0 Å². The van der Waals surface area contributed by atoms with Gasteiger partial charge in [-0.25, -0.2) is 4.79 Å². The van der Waals surface area contributed by atoms with Crippen molar-refractivity contribution in [2.75, 3.05) is 12.4 Å². The zero-order chi connectivity index (χ0) is 14.8. The second-order valence-corrected chi connectivity index (χ2v) is 4.98. The zero-order valence-electron chi connectivity index (χ0n) is 11.6. The summed E-state index contributed by atoms with van der Waals surface area (Å²) in [6.07, 6.45) is 0.480. The van der Waals surface area contributed by atoms with Gasteiger partial charge in [0.25, 0.3) is 0 Å². The van der Waals surface area contributed by atoms with E-state index < -0.39 is 0 Å². The first-order valence-electron chi connectivity index (χ1n) is 6.76. The van der Waals surface area contributed by atoms with E-state index in [0.717, 1.165) is 16.8 Å². The van der Waals surface area contributed by atoms with Gasteiger partial charge in [-0.2, -0.15) is 0 Å². The van der Waals surface area contributed by atoms with Gasteiger partial charge in [0.05, 0.1) is 18.6 Å². The third kappa shape index (κ3) is 2.40. The van der Waals surface area contributed by atoms with Gasteiger partial charge in [0.15, 0.2) is 0 Å². The van der Waals surface area contributed by atoms with Crippen LogP contribution in [0.3, 0.4) is 0 Å². The predicted octanol–water partition coefficient (Wildman–Crippen LogP) is 2.75. The highest BCUT2D eigenvalue weighted by Crippen LogP contribution is 2.35. The van der Waals surface area contributed by atoms with Crippen molar-refractivity contribution >= 4 is 17.6 Å². The van der Waals surface area contributed by atoms with Crippen molar-refractivity contribution in [3.63, 3.8) is 0 Å². The number of amides is 1. The number of hydrogen-bond acceptors (Lipinski definition) is 3. The first kappa shape index (κ1) is 13.4. The lowest BCUT2D eigenvalue weighted by molar-refractivity contribution is -0.117. The molecule has 1 unspecified atom stereocenters. The summed E-state index contributed by atoms with van der Waals surface area (Å²) in [4.78, 5) is 24.0. The zero-order valence-corrected chi connectivity index (χ0v) is 11.6. The maximum absolute atomic E-state index is 12.2. The Morgan fingerprint density at radius 1 is 1.14 bits per heavy atom. The standard InChI is InChI=1S/C17H15NO3/c1-21-17(20)12-7-3-2-6-11(12)10-14-13-8-4-5-9-15(13)18-16(14)19/h2-9,14H,10H2,1H3,(H,18,19). The maximum atomic E-state index is 12.2. The normalized spacial score (nSPS) is 16.2. The highest BCUT2D eigenvalue weighted by atomic mass is 16.5. The summed E-state index contributed by atoms with van der Waals surface area (Å²) in [6, 6.07) is 14.9. The number of carbonyl (C=O) groups excluding carboxylic acids is 2. The highest BCUT2D eigenvalue weighted by Gasteiger charge is 2.31. The van der Waals surface area contributed by atoms with E-state index in [2.05, 4.69) is 5.32 Å². The molecule has 1 amide bonds. The van der Waals surface area contributed by atoms with E-state index in [4.69, 9.17) is 4.74 Å². The second-order valence-electron chi connectivity index (χ2n) is 4.98. The van der Waals surface area contributed by atoms with Gasteiger partial charge in [-0.1, -0.05) is 36.4 Å². The molecule has 106 valence electrons. The lowest BCUT2D eigenvalue weighted by atomic mass is 9.91. The molecule has 0 fully saturated rings. The van der Waals surface area contributed by atoms with Gasteiger partial charge in [-0.3, -0.25) is 4.79 Å². The Morgan fingerprint density at radius 2 is 1.86 bits per heavy atom. The Balaban J connectivity index is 1.95. The Kier molecular flexibility index (Phi) is 3.44. The third-order valence-electron chi connectivity index (χ3n) is 3.76. The fourth-order valence-electron chi connectivity index (χ4n) is 2.71. The van der Waals surface area contributed by atoms with Crippen LogP contribution < -0.4 is 5.32 Å². The molecular weight excluding hydrogens is 266 g/mol. The Bertz CT molecular complexity index is 709. The van der Waals surface area contributed by atoms with E-state index in [1.165, 1.54) is 7.11 Å². The molecule has 1 heterocycles. The van der Waals surface area contributed by atoms with Crippen LogP contribution in [0.15, 0.2) is 48.5 Å². The number of ether oxygens (including phenoxy) is 1. The number of carbonyl (C=O) groups is 2. The summed E-state index contributed by atoms with van der Waals surface area (Å²) < 4.78 is 4.80. The van der Waals surface area contributed by atoms with Crippen LogP contribution in [0, 0.1) is 0 Å². The van der Waals surface area contributed by atoms with E-state index in [-0.39, 0.29) is 17.8 Å². The topological polar surface area (TPSA) is 55.4 Å². The number of anilines is 1. The largest absolute Gasteiger partial charge is 0.465 e. The van der Waals surface area contributed by atoms with Crippen LogP contribution >= 0.6 is 0 Å². The van der Waals surface area contributed by atoms with Gasteiger partial charge in [0.1, 0.15) is 0 Å². The number of nitrogens with one attached hydrogen (secondary N) is 1. The Morgan fingerprint density at radius 3 is 2.67 bits per heavy atom. The van der Waals surface area contributed by atoms with Crippen molar-refractivity contribution in [1.29, 1.82) is 0 Å². The molecule has 0 aliphatic carbocycles. The molecule has 0 saturated heterocycles. The number of methoxy groups -OCH3 is 1. The van der Waals surface area contributed by atoms with Gasteiger partial charge >= 0.3 is 5.97 Å². The van der Waals surface area contributed by atoms with Gasteiger partial charge in [-0.05, 0) is 29.7 Å². The molecule has 21 heavy (non-hydrogen) atoms. The molecule has 0 aromatic heterocycles. The first-order chi connectivity index (χ1) is 10.2. The van der Waals surface area contributed by atoms with Crippen LogP contribution in [-0.2, 0) is 16.0 Å². The molecular formula is C17H15NO3. The van der Waals surface area contributed by atoms with Crippen molar-refractivity contribution in [2.45, 2.75) is 12.3 Å². The Labute approximate surface area is 122 Å². The predicted molar refractivity (Wildman–Crippen MR) is 79.3 cm³/mol. The quantitative estimate of drug-likeness (QED) is 0.880. The molecule has 0 spiro atoms. The van der Waals surface area contributed by atoms with Gasteiger partial charge in [-0.15, -0.1) is 0 Å². The summed E-state index contributed by atoms with van der Waals surface area (Å²) in [5, 5.41) is 2.88. The van der Waals surface area contributed by atoms with Crippen molar-refractivity contribution in [3.8, 4) is 0 Å². The molecule has 0 saturated carbocycles. The summed E-state index contributed by atoms with van der Waals surface area (Å²) in [5.74, 6) is -0.680. The van der Waals surface area contributed by atoms with E-state index >= 15 is 0 Å². The van der Waals surface area contributed by atoms with Gasteiger partial charge in [0, 0.05) is 5.69 Å². The number of hydrogen-bond donors (Lipinski definition) is 1. The summed E-state index contributed by atoms with van der Waals surface area (Å²) in [7, 11) is 1.36. The fourth-order valence-corrected chi connectivity index (χ4v) is 2.71. The minimum atomic E-state index is -0.378. The molecule has 1 aliphatic heterocycles. The second kappa shape index (κ2) is 5.40. The van der Waals surface area contributed by atoms with Crippen LogP contribution in [0.4, 0.5) is 5.69 Å². The lowest BCUT2D eigenvalue weighted by Gasteiger charge is -2.12. The summed E-state index contributed by atoms with van der Waals surface area (Å²) in [5.41, 5.74) is 3.16. The smallest absolute Gasteiger partial charge is 0.338 e. The molecule has 1 aliphatic rings. The average molecular weight is 281 g/mol. The molecule has 1 N–H and O–H groups in total. The molecule has 4 nitrogen and oxygen atoms in total. The van der Waals surface area contributed by atoms with Crippen LogP contribution in [0.2, 0.25) is 0 Å². The number of esters is 1. The van der Waals surface area contributed by atoms with Gasteiger partial charge < -0.3 is 10.1 Å². The molecule has 2 aromatic carbocycles. The molecule has 0 radical (unpaired) electrons. The average Bonchev–Trinajstić information content (AvgIpc) is 2.83. The van der Waals surface area contributed by atoms with Crippen LogP contribution in [0.5, 0.6) is 0 Å². The SMILES string of the molecule is COC(=O)c1ccccc1CC1C(=O)Nc2ccccc21. The number of rotatable bonds is 3. The van der Waals surface area contributed by atoms with Crippen LogP contribution in [-0.4, -0.2) is 19.0 Å².